The number of methoxy groups -OCH3 is 1. The maximum Gasteiger partial charge on any atom is 0.259 e. The van der Waals surface area contributed by atoms with Crippen LogP contribution in [0.4, 0.5) is 14.5 Å². The molecule has 0 amide bonds. The van der Waals surface area contributed by atoms with Gasteiger partial charge in [-0.05, 0) is 19.1 Å². The van der Waals surface area contributed by atoms with Gasteiger partial charge in [-0.15, -0.1) is 12.4 Å². The first-order valence-corrected chi connectivity index (χ1v) is 10.0. The molecule has 1 saturated heterocycles. The number of benzene rings is 1. The van der Waals surface area contributed by atoms with Crippen LogP contribution < -0.4 is 9.64 Å². The third-order valence-electron chi connectivity index (χ3n) is 5.33. The Morgan fingerprint density at radius 1 is 1.03 bits per heavy atom. The number of halogens is 3. The topological polar surface area (TPSA) is 59.3 Å². The Hall–Kier alpha value is -3.04. The lowest BCUT2D eigenvalue weighted by molar-refractivity contribution is 0.284. The first-order chi connectivity index (χ1) is 15.0. The highest BCUT2D eigenvalue weighted by Gasteiger charge is 2.18. The fourth-order valence-electron chi connectivity index (χ4n) is 3.65. The summed E-state index contributed by atoms with van der Waals surface area (Å²) in [7, 11) is 1.55. The second-order valence-corrected chi connectivity index (χ2v) is 7.30. The molecular weight excluding hydrogens is 438 g/mol. The Morgan fingerprint density at radius 3 is 2.41 bits per heavy atom. The van der Waals surface area contributed by atoms with Crippen LogP contribution in [-0.4, -0.2) is 64.5 Å². The van der Waals surface area contributed by atoms with Crippen molar-refractivity contribution in [1.82, 2.24) is 24.6 Å². The van der Waals surface area contributed by atoms with Crippen LogP contribution in [0.5, 0.6) is 5.88 Å². The number of ether oxygens (including phenoxy) is 1. The third kappa shape index (κ3) is 5.23. The van der Waals surface area contributed by atoms with E-state index in [-0.39, 0.29) is 12.4 Å². The van der Waals surface area contributed by atoms with Gasteiger partial charge in [0, 0.05) is 62.4 Å². The van der Waals surface area contributed by atoms with Gasteiger partial charge < -0.3 is 9.64 Å². The fourth-order valence-corrected chi connectivity index (χ4v) is 3.65. The number of aromatic nitrogens is 4. The van der Waals surface area contributed by atoms with Crippen molar-refractivity contribution in [3.63, 3.8) is 0 Å². The van der Waals surface area contributed by atoms with E-state index in [1.165, 1.54) is 12.1 Å². The van der Waals surface area contributed by atoms with E-state index in [0.717, 1.165) is 50.0 Å². The molecule has 32 heavy (non-hydrogen) atoms. The minimum Gasteiger partial charge on any atom is -0.478 e. The Morgan fingerprint density at radius 2 is 1.72 bits per heavy atom. The molecule has 0 spiro atoms. The Balaban J connectivity index is 0.00000289. The third-order valence-corrected chi connectivity index (χ3v) is 5.33. The average molecular weight is 463 g/mol. The summed E-state index contributed by atoms with van der Waals surface area (Å²) in [6.07, 6.45) is 9.10. The van der Waals surface area contributed by atoms with Crippen molar-refractivity contribution in [2.45, 2.75) is 6.92 Å². The van der Waals surface area contributed by atoms with Crippen LogP contribution in [0.25, 0.3) is 11.9 Å². The second kappa shape index (κ2) is 10.5. The lowest BCUT2D eigenvalue weighted by Crippen LogP contribution is -2.46. The highest BCUT2D eigenvalue weighted by molar-refractivity contribution is 5.85. The molecule has 1 aliphatic rings. The minimum absolute atomic E-state index is 0. The first kappa shape index (κ1) is 23.6. The molecule has 1 fully saturated rings. The zero-order valence-corrected chi connectivity index (χ0v) is 18.7. The van der Waals surface area contributed by atoms with Gasteiger partial charge in [-0.1, -0.05) is 12.2 Å². The van der Waals surface area contributed by atoms with Crippen LogP contribution in [-0.2, 0) is 0 Å². The van der Waals surface area contributed by atoms with Gasteiger partial charge in [-0.25, -0.2) is 23.4 Å². The zero-order valence-electron chi connectivity index (χ0n) is 17.9. The van der Waals surface area contributed by atoms with Crippen molar-refractivity contribution in [3.05, 3.63) is 65.8 Å². The molecule has 0 saturated carbocycles. The van der Waals surface area contributed by atoms with Crippen LogP contribution in [0.1, 0.15) is 11.3 Å². The molecule has 0 radical (unpaired) electrons. The van der Waals surface area contributed by atoms with Gasteiger partial charge in [0.15, 0.2) is 0 Å². The molecule has 3 aromatic rings. The van der Waals surface area contributed by atoms with Gasteiger partial charge in [0.1, 0.15) is 11.6 Å². The van der Waals surface area contributed by atoms with Crippen molar-refractivity contribution < 1.29 is 13.5 Å². The van der Waals surface area contributed by atoms with Crippen molar-refractivity contribution in [3.8, 4) is 11.7 Å². The summed E-state index contributed by atoms with van der Waals surface area (Å²) in [5.74, 6) is -0.127. The van der Waals surface area contributed by atoms with E-state index in [4.69, 9.17) is 4.74 Å². The zero-order chi connectivity index (χ0) is 21.8. The van der Waals surface area contributed by atoms with E-state index in [1.54, 1.807) is 30.4 Å². The molecule has 1 aliphatic heterocycles. The average Bonchev–Trinajstić information content (AvgIpc) is 3.13. The molecule has 4 rings (SSSR count). The number of piperazine rings is 1. The van der Waals surface area contributed by atoms with Crippen molar-refractivity contribution >= 4 is 24.2 Å². The fraction of sp³-hybridized carbons (Fsp3) is 0.318. The maximum absolute atomic E-state index is 13.5. The largest absolute Gasteiger partial charge is 0.478 e. The predicted molar refractivity (Wildman–Crippen MR) is 122 cm³/mol. The van der Waals surface area contributed by atoms with Gasteiger partial charge in [-0.2, -0.15) is 5.10 Å². The van der Waals surface area contributed by atoms with E-state index in [0.29, 0.717) is 17.4 Å². The monoisotopic (exact) mass is 462 g/mol. The molecule has 0 atom stereocenters. The van der Waals surface area contributed by atoms with E-state index >= 15 is 0 Å². The molecule has 0 aliphatic carbocycles. The Kier molecular flexibility index (Phi) is 7.76. The van der Waals surface area contributed by atoms with E-state index in [1.807, 2.05) is 17.9 Å². The summed E-state index contributed by atoms with van der Waals surface area (Å²) in [6.45, 7) is 5.83. The van der Waals surface area contributed by atoms with Crippen molar-refractivity contribution in [2.75, 3.05) is 44.7 Å². The van der Waals surface area contributed by atoms with Gasteiger partial charge in [0.25, 0.3) is 5.88 Å². The standard InChI is InChI=1S/C22H24F2N6O.ClH/c1-16-17(15-27-30(16)21-22(31-2)26-6-5-25-21)4-3-7-28-8-10-29(11-9-28)20-13-18(23)12-19(24)14-20;/h3-6,12-15H,7-11H2,1-2H3;1H/b4-3+;. The summed E-state index contributed by atoms with van der Waals surface area (Å²) in [5, 5.41) is 4.42. The first-order valence-electron chi connectivity index (χ1n) is 10.0. The highest BCUT2D eigenvalue weighted by Crippen LogP contribution is 2.21. The lowest BCUT2D eigenvalue weighted by atomic mass is 10.2. The normalized spacial score (nSPS) is 14.6. The summed E-state index contributed by atoms with van der Waals surface area (Å²) >= 11 is 0. The van der Waals surface area contributed by atoms with E-state index in [2.05, 4.69) is 26.0 Å². The number of nitrogens with zero attached hydrogens (tertiary/aromatic N) is 6. The van der Waals surface area contributed by atoms with Crippen LogP contribution in [0.2, 0.25) is 0 Å². The van der Waals surface area contributed by atoms with Crippen molar-refractivity contribution in [1.29, 1.82) is 0 Å². The quantitative estimate of drug-likeness (QED) is 0.558. The second-order valence-electron chi connectivity index (χ2n) is 7.30. The van der Waals surface area contributed by atoms with Gasteiger partial charge in [-0.3, -0.25) is 4.90 Å². The predicted octanol–water partition coefficient (Wildman–Crippen LogP) is 3.51. The minimum atomic E-state index is -0.546. The molecule has 0 bridgehead atoms. The smallest absolute Gasteiger partial charge is 0.259 e. The van der Waals surface area contributed by atoms with Crippen molar-refractivity contribution in [2.24, 2.45) is 0 Å². The molecule has 2 aromatic heterocycles. The molecule has 7 nitrogen and oxygen atoms in total. The highest BCUT2D eigenvalue weighted by atomic mass is 35.5. The van der Waals surface area contributed by atoms with E-state index in [9.17, 15) is 8.78 Å². The summed E-state index contributed by atoms with van der Waals surface area (Å²) in [4.78, 5) is 12.8. The van der Waals surface area contributed by atoms with Crippen LogP contribution in [0, 0.1) is 18.6 Å². The Labute approximate surface area is 191 Å². The summed E-state index contributed by atoms with van der Waals surface area (Å²) in [6, 6.07) is 3.66. The number of rotatable bonds is 6. The maximum atomic E-state index is 13.5. The molecule has 3 heterocycles. The van der Waals surface area contributed by atoms with Gasteiger partial charge >= 0.3 is 0 Å². The molecule has 1 aromatic carbocycles. The van der Waals surface area contributed by atoms with Crippen LogP contribution in [0.15, 0.2) is 42.9 Å². The Bertz CT molecular complexity index is 1060. The number of anilines is 1. The van der Waals surface area contributed by atoms with Crippen LogP contribution >= 0.6 is 12.4 Å². The molecular formula is C22H25ClF2N6O. The number of hydrogen-bond donors (Lipinski definition) is 0. The van der Waals surface area contributed by atoms with Gasteiger partial charge in [0.05, 0.1) is 19.0 Å². The number of hydrogen-bond acceptors (Lipinski definition) is 6. The molecule has 0 unspecified atom stereocenters. The van der Waals surface area contributed by atoms with Crippen LogP contribution in [0.3, 0.4) is 0 Å². The molecule has 0 N–H and O–H groups in total. The summed E-state index contributed by atoms with van der Waals surface area (Å²) < 4.78 is 33.9. The molecule has 10 heteroatoms. The summed E-state index contributed by atoms with van der Waals surface area (Å²) in [5.41, 5.74) is 2.52. The lowest BCUT2D eigenvalue weighted by Gasteiger charge is -2.35. The van der Waals surface area contributed by atoms with E-state index < -0.39 is 11.6 Å². The SMILES string of the molecule is COc1nccnc1-n1ncc(/C=C/CN2CCN(c3cc(F)cc(F)c3)CC2)c1C.Cl. The molecule has 170 valence electrons. The van der Waals surface area contributed by atoms with Gasteiger partial charge in [0.2, 0.25) is 5.82 Å².